The second kappa shape index (κ2) is 5.13. The van der Waals surface area contributed by atoms with Crippen LogP contribution < -0.4 is 0 Å². The van der Waals surface area contributed by atoms with Gasteiger partial charge in [-0.15, -0.1) is 0 Å². The third-order valence-electron chi connectivity index (χ3n) is 3.96. The van der Waals surface area contributed by atoms with Crippen molar-refractivity contribution < 1.29 is 9.18 Å². The molecule has 1 unspecified atom stereocenters. The Morgan fingerprint density at radius 2 is 1.57 bits per heavy atom. The van der Waals surface area contributed by atoms with Crippen molar-refractivity contribution in [1.29, 1.82) is 0 Å². The summed E-state index contributed by atoms with van der Waals surface area (Å²) in [6.07, 6.45) is 0. The summed E-state index contributed by atoms with van der Waals surface area (Å²) < 4.78 is 14.6. The number of fused-ring (bicyclic) bond motifs is 1. The first-order chi connectivity index (χ1) is 10.1. The lowest BCUT2D eigenvalue weighted by atomic mass is 9.76. The maximum atomic E-state index is 14.6. The van der Waals surface area contributed by atoms with Crippen LogP contribution in [0.1, 0.15) is 28.4 Å². The lowest BCUT2D eigenvalue weighted by molar-refractivity contribution is 0.0964. The van der Waals surface area contributed by atoms with Crippen LogP contribution in [0.25, 0.3) is 11.4 Å². The highest BCUT2D eigenvalue weighted by molar-refractivity contribution is 6.09. The van der Waals surface area contributed by atoms with Crippen molar-refractivity contribution in [3.63, 3.8) is 0 Å². The Morgan fingerprint density at radius 1 is 1.00 bits per heavy atom. The van der Waals surface area contributed by atoms with Crippen LogP contribution in [0.5, 0.6) is 0 Å². The lowest BCUT2D eigenvalue weighted by Crippen LogP contribution is -2.21. The largest absolute Gasteiger partial charge is 0.293 e. The van der Waals surface area contributed by atoms with Crippen LogP contribution in [0.4, 0.5) is 4.39 Å². The summed E-state index contributed by atoms with van der Waals surface area (Å²) >= 11 is 0. The predicted octanol–water partition coefficient (Wildman–Crippen LogP) is 4.91. The molecule has 1 aliphatic carbocycles. The summed E-state index contributed by atoms with van der Waals surface area (Å²) in [7, 11) is 0. The number of halogens is 1. The quantitative estimate of drug-likeness (QED) is 0.713. The standard InChI is InChI=1S/C19H15FO/c1-12-15-10-6-7-11-16(15)18(20)13(2)17(12)19(21)14-8-4-3-5-9-14/h3-11,17H,1H2,2H3. The molecule has 0 aromatic heterocycles. The maximum absolute atomic E-state index is 14.6. The van der Waals surface area contributed by atoms with Gasteiger partial charge >= 0.3 is 0 Å². The first kappa shape index (κ1) is 13.5. The molecule has 1 nitrogen and oxygen atoms in total. The first-order valence-electron chi connectivity index (χ1n) is 6.85. The van der Waals surface area contributed by atoms with Gasteiger partial charge in [0.15, 0.2) is 5.78 Å². The lowest BCUT2D eigenvalue weighted by Gasteiger charge is -2.27. The van der Waals surface area contributed by atoms with E-state index in [1.807, 2.05) is 30.3 Å². The number of hydrogen-bond donors (Lipinski definition) is 0. The minimum Gasteiger partial charge on any atom is -0.293 e. The van der Waals surface area contributed by atoms with E-state index in [9.17, 15) is 9.18 Å². The molecule has 104 valence electrons. The van der Waals surface area contributed by atoms with E-state index in [-0.39, 0.29) is 11.6 Å². The fraction of sp³-hybridized carbons (Fsp3) is 0.105. The average Bonchev–Trinajstić information content (AvgIpc) is 2.53. The second-order valence-corrected chi connectivity index (χ2v) is 5.23. The molecule has 2 aromatic rings. The molecule has 0 saturated carbocycles. The zero-order valence-electron chi connectivity index (χ0n) is 11.8. The summed E-state index contributed by atoms with van der Waals surface area (Å²) in [5.74, 6) is -1.04. The van der Waals surface area contributed by atoms with E-state index in [4.69, 9.17) is 0 Å². The van der Waals surface area contributed by atoms with E-state index >= 15 is 0 Å². The van der Waals surface area contributed by atoms with E-state index in [0.29, 0.717) is 22.3 Å². The zero-order chi connectivity index (χ0) is 15.0. The summed E-state index contributed by atoms with van der Waals surface area (Å²) in [6.45, 7) is 5.72. The molecule has 0 amide bonds. The van der Waals surface area contributed by atoms with E-state index in [1.54, 1.807) is 31.2 Å². The highest BCUT2D eigenvalue weighted by atomic mass is 19.1. The van der Waals surface area contributed by atoms with Gasteiger partial charge in [-0.1, -0.05) is 61.2 Å². The Morgan fingerprint density at radius 3 is 2.24 bits per heavy atom. The molecule has 21 heavy (non-hydrogen) atoms. The van der Waals surface area contributed by atoms with Crippen molar-refractivity contribution in [2.24, 2.45) is 5.92 Å². The Balaban J connectivity index is 2.12. The Kier molecular flexibility index (Phi) is 3.30. The van der Waals surface area contributed by atoms with Crippen LogP contribution >= 0.6 is 0 Å². The minimum absolute atomic E-state index is 0.109. The molecule has 2 heteroatoms. The number of hydrogen-bond acceptors (Lipinski definition) is 1. The molecule has 0 N–H and O–H groups in total. The molecule has 0 radical (unpaired) electrons. The van der Waals surface area contributed by atoms with Gasteiger partial charge in [0.2, 0.25) is 0 Å². The molecular weight excluding hydrogens is 263 g/mol. The molecule has 2 aromatic carbocycles. The molecule has 1 aliphatic rings. The first-order valence-corrected chi connectivity index (χ1v) is 6.85. The Bertz CT molecular complexity index is 756. The number of allylic oxidation sites excluding steroid dienone is 2. The van der Waals surface area contributed by atoms with Gasteiger partial charge in [0.1, 0.15) is 5.83 Å². The third-order valence-corrected chi connectivity index (χ3v) is 3.96. The fourth-order valence-corrected chi connectivity index (χ4v) is 2.83. The Labute approximate surface area is 123 Å². The minimum atomic E-state index is -0.623. The monoisotopic (exact) mass is 278 g/mol. The topological polar surface area (TPSA) is 17.1 Å². The van der Waals surface area contributed by atoms with Crippen LogP contribution in [0.15, 0.2) is 66.7 Å². The number of carbonyl (C=O) groups is 1. The number of Topliss-reactive ketones (excluding diaryl/α,β-unsaturated/α-hetero) is 1. The highest BCUT2D eigenvalue weighted by Gasteiger charge is 2.33. The van der Waals surface area contributed by atoms with Crippen molar-refractivity contribution in [2.45, 2.75) is 6.92 Å². The molecule has 3 rings (SSSR count). The van der Waals surface area contributed by atoms with Crippen molar-refractivity contribution >= 4 is 17.2 Å². The number of carbonyl (C=O) groups excluding carboxylic acids is 1. The summed E-state index contributed by atoms with van der Waals surface area (Å²) in [5.41, 5.74) is 2.92. The number of rotatable bonds is 2. The van der Waals surface area contributed by atoms with Crippen LogP contribution in [0, 0.1) is 5.92 Å². The van der Waals surface area contributed by atoms with Crippen molar-refractivity contribution in [1.82, 2.24) is 0 Å². The third kappa shape index (κ3) is 2.13. The summed E-state index contributed by atoms with van der Waals surface area (Å²) in [5, 5.41) is 0. The van der Waals surface area contributed by atoms with Crippen molar-refractivity contribution in [3.05, 3.63) is 83.4 Å². The van der Waals surface area contributed by atoms with Crippen molar-refractivity contribution in [3.8, 4) is 0 Å². The van der Waals surface area contributed by atoms with Crippen LogP contribution in [-0.2, 0) is 0 Å². The SMILES string of the molecule is C=C1c2ccccc2C(F)=C(C)C1C(=O)c1ccccc1. The second-order valence-electron chi connectivity index (χ2n) is 5.23. The van der Waals surface area contributed by atoms with Crippen LogP contribution in [-0.4, -0.2) is 5.78 Å². The van der Waals surface area contributed by atoms with Crippen molar-refractivity contribution in [2.75, 3.05) is 0 Å². The normalized spacial score (nSPS) is 17.6. The Hall–Kier alpha value is -2.48. The fourth-order valence-electron chi connectivity index (χ4n) is 2.83. The molecular formula is C19H15FO. The van der Waals surface area contributed by atoms with E-state index in [0.717, 1.165) is 5.56 Å². The zero-order valence-corrected chi connectivity index (χ0v) is 11.8. The molecule has 0 bridgehead atoms. The summed E-state index contributed by atoms with van der Waals surface area (Å²) in [4.78, 5) is 12.7. The van der Waals surface area contributed by atoms with E-state index < -0.39 is 5.92 Å². The van der Waals surface area contributed by atoms with Gasteiger partial charge in [0, 0.05) is 11.1 Å². The molecule has 0 aliphatic heterocycles. The maximum Gasteiger partial charge on any atom is 0.174 e. The van der Waals surface area contributed by atoms with Crippen LogP contribution in [0.2, 0.25) is 0 Å². The van der Waals surface area contributed by atoms with Gasteiger partial charge in [-0.25, -0.2) is 4.39 Å². The number of ketones is 1. The van der Waals surface area contributed by atoms with Gasteiger partial charge in [0.05, 0.1) is 5.92 Å². The van der Waals surface area contributed by atoms with E-state index in [2.05, 4.69) is 6.58 Å². The van der Waals surface area contributed by atoms with Gasteiger partial charge in [-0.3, -0.25) is 4.79 Å². The predicted molar refractivity (Wildman–Crippen MR) is 83.4 cm³/mol. The molecule has 0 heterocycles. The highest BCUT2D eigenvalue weighted by Crippen LogP contribution is 2.42. The molecule has 0 saturated heterocycles. The number of benzene rings is 2. The van der Waals surface area contributed by atoms with Gasteiger partial charge in [-0.05, 0) is 23.6 Å². The molecule has 0 spiro atoms. The van der Waals surface area contributed by atoms with Gasteiger partial charge in [0.25, 0.3) is 0 Å². The van der Waals surface area contributed by atoms with Crippen LogP contribution in [0.3, 0.4) is 0 Å². The smallest absolute Gasteiger partial charge is 0.174 e. The molecule has 0 fully saturated rings. The van der Waals surface area contributed by atoms with Gasteiger partial charge < -0.3 is 0 Å². The molecule has 1 atom stereocenters. The average molecular weight is 278 g/mol. The van der Waals surface area contributed by atoms with E-state index in [1.165, 1.54) is 0 Å². The van der Waals surface area contributed by atoms with Gasteiger partial charge in [-0.2, -0.15) is 0 Å². The summed E-state index contributed by atoms with van der Waals surface area (Å²) in [6, 6.07) is 16.1.